The highest BCUT2D eigenvalue weighted by Crippen LogP contribution is 2.27. The lowest BCUT2D eigenvalue weighted by Crippen LogP contribution is -2.01. The van der Waals surface area contributed by atoms with E-state index in [0.717, 1.165) is 0 Å². The standard InChI is InChI=1S/C10H10F2N2/c1-6-5-14-8(3-4-13)7(2)9(6)10(11)12/h5,10H,3H2,1-2H3. The third-order valence-corrected chi connectivity index (χ3v) is 2.14. The lowest BCUT2D eigenvalue weighted by Gasteiger charge is -2.10. The van der Waals surface area contributed by atoms with E-state index in [9.17, 15) is 8.78 Å². The first-order valence-electron chi connectivity index (χ1n) is 4.18. The van der Waals surface area contributed by atoms with E-state index in [4.69, 9.17) is 5.26 Å². The van der Waals surface area contributed by atoms with E-state index in [1.807, 2.05) is 6.07 Å². The van der Waals surface area contributed by atoms with Crippen molar-refractivity contribution in [1.29, 1.82) is 5.26 Å². The zero-order valence-electron chi connectivity index (χ0n) is 8.01. The fourth-order valence-electron chi connectivity index (χ4n) is 1.38. The van der Waals surface area contributed by atoms with Gasteiger partial charge < -0.3 is 0 Å². The quantitative estimate of drug-likeness (QED) is 0.729. The molecule has 0 atom stereocenters. The molecule has 0 aliphatic rings. The number of aromatic nitrogens is 1. The van der Waals surface area contributed by atoms with Crippen molar-refractivity contribution < 1.29 is 8.78 Å². The van der Waals surface area contributed by atoms with Crippen LogP contribution in [-0.4, -0.2) is 4.98 Å². The summed E-state index contributed by atoms with van der Waals surface area (Å²) in [5, 5.41) is 8.47. The van der Waals surface area contributed by atoms with Crippen LogP contribution >= 0.6 is 0 Å². The van der Waals surface area contributed by atoms with Crippen molar-refractivity contribution in [2.24, 2.45) is 0 Å². The Hall–Kier alpha value is -1.50. The van der Waals surface area contributed by atoms with Crippen molar-refractivity contribution in [3.63, 3.8) is 0 Å². The highest BCUT2D eigenvalue weighted by atomic mass is 19.3. The van der Waals surface area contributed by atoms with Crippen LogP contribution in [0.5, 0.6) is 0 Å². The minimum absolute atomic E-state index is 0.00486. The van der Waals surface area contributed by atoms with Gasteiger partial charge in [0.2, 0.25) is 0 Å². The smallest absolute Gasteiger partial charge is 0.260 e. The average molecular weight is 196 g/mol. The van der Waals surface area contributed by atoms with E-state index >= 15 is 0 Å². The fourth-order valence-corrected chi connectivity index (χ4v) is 1.38. The fraction of sp³-hybridized carbons (Fsp3) is 0.400. The molecule has 0 spiro atoms. The molecule has 0 bridgehead atoms. The van der Waals surface area contributed by atoms with Gasteiger partial charge in [-0.05, 0) is 25.0 Å². The van der Waals surface area contributed by atoms with Gasteiger partial charge in [-0.1, -0.05) is 0 Å². The summed E-state index contributed by atoms with van der Waals surface area (Å²) in [4.78, 5) is 3.95. The molecule has 0 aliphatic heterocycles. The summed E-state index contributed by atoms with van der Waals surface area (Å²) in [7, 11) is 0. The molecule has 0 aliphatic carbocycles. The number of pyridine rings is 1. The van der Waals surface area contributed by atoms with E-state index in [0.29, 0.717) is 16.8 Å². The van der Waals surface area contributed by atoms with E-state index in [1.165, 1.54) is 6.20 Å². The van der Waals surface area contributed by atoms with Crippen molar-refractivity contribution in [3.05, 3.63) is 28.6 Å². The second kappa shape index (κ2) is 4.14. The number of nitrogens with zero attached hydrogens (tertiary/aromatic N) is 2. The normalized spacial score (nSPS) is 10.3. The SMILES string of the molecule is Cc1cnc(CC#N)c(C)c1C(F)F. The Labute approximate surface area is 81.2 Å². The van der Waals surface area contributed by atoms with Gasteiger partial charge in [0.1, 0.15) is 0 Å². The van der Waals surface area contributed by atoms with Crippen LogP contribution < -0.4 is 0 Å². The van der Waals surface area contributed by atoms with E-state index < -0.39 is 6.43 Å². The molecule has 74 valence electrons. The zero-order valence-corrected chi connectivity index (χ0v) is 8.01. The first kappa shape index (κ1) is 10.6. The van der Waals surface area contributed by atoms with E-state index in [-0.39, 0.29) is 12.0 Å². The number of alkyl halides is 2. The van der Waals surface area contributed by atoms with Crippen LogP contribution in [0.1, 0.15) is 28.8 Å². The predicted octanol–water partition coefficient (Wildman–Crippen LogP) is 2.70. The van der Waals surface area contributed by atoms with Gasteiger partial charge in [-0.3, -0.25) is 4.98 Å². The predicted molar refractivity (Wildman–Crippen MR) is 48.0 cm³/mol. The average Bonchev–Trinajstić information content (AvgIpc) is 2.10. The minimum atomic E-state index is -2.50. The van der Waals surface area contributed by atoms with Crippen LogP contribution in [0.3, 0.4) is 0 Å². The first-order chi connectivity index (χ1) is 6.57. The summed E-state index contributed by atoms with van der Waals surface area (Å²) >= 11 is 0. The topological polar surface area (TPSA) is 36.7 Å². The molecule has 0 fully saturated rings. The maximum absolute atomic E-state index is 12.6. The molecular weight excluding hydrogens is 186 g/mol. The Bertz CT molecular complexity index is 380. The third kappa shape index (κ3) is 1.87. The molecule has 0 amide bonds. The maximum atomic E-state index is 12.6. The molecule has 4 heteroatoms. The van der Waals surface area contributed by atoms with Crippen molar-refractivity contribution in [2.75, 3.05) is 0 Å². The molecule has 0 saturated carbocycles. The Morgan fingerprint density at radius 3 is 2.64 bits per heavy atom. The Balaban J connectivity index is 3.28. The molecule has 0 N–H and O–H groups in total. The molecule has 0 aromatic carbocycles. The Morgan fingerprint density at radius 1 is 1.50 bits per heavy atom. The maximum Gasteiger partial charge on any atom is 0.264 e. The lowest BCUT2D eigenvalue weighted by molar-refractivity contribution is 0.149. The first-order valence-corrected chi connectivity index (χ1v) is 4.18. The van der Waals surface area contributed by atoms with Crippen LogP contribution in [-0.2, 0) is 6.42 Å². The second-order valence-corrected chi connectivity index (χ2v) is 3.06. The van der Waals surface area contributed by atoms with Crippen LogP contribution in [0.25, 0.3) is 0 Å². The molecule has 1 aromatic rings. The van der Waals surface area contributed by atoms with Gasteiger partial charge in [-0.2, -0.15) is 5.26 Å². The second-order valence-electron chi connectivity index (χ2n) is 3.06. The minimum Gasteiger partial charge on any atom is -0.260 e. The van der Waals surface area contributed by atoms with Gasteiger partial charge in [0, 0.05) is 11.8 Å². The monoisotopic (exact) mass is 196 g/mol. The molecule has 1 aromatic heterocycles. The Morgan fingerprint density at radius 2 is 2.14 bits per heavy atom. The third-order valence-electron chi connectivity index (χ3n) is 2.14. The number of halogens is 2. The van der Waals surface area contributed by atoms with E-state index in [2.05, 4.69) is 4.98 Å². The van der Waals surface area contributed by atoms with Gasteiger partial charge in [-0.25, -0.2) is 8.78 Å². The van der Waals surface area contributed by atoms with Crippen LogP contribution in [0.2, 0.25) is 0 Å². The van der Waals surface area contributed by atoms with E-state index in [1.54, 1.807) is 13.8 Å². The molecule has 1 rings (SSSR count). The van der Waals surface area contributed by atoms with Gasteiger partial charge in [0.15, 0.2) is 0 Å². The molecule has 1 heterocycles. The van der Waals surface area contributed by atoms with Crippen LogP contribution in [0, 0.1) is 25.2 Å². The van der Waals surface area contributed by atoms with Crippen LogP contribution in [0.4, 0.5) is 8.78 Å². The number of nitriles is 1. The van der Waals surface area contributed by atoms with Gasteiger partial charge >= 0.3 is 0 Å². The highest BCUT2D eigenvalue weighted by Gasteiger charge is 2.16. The summed E-state index contributed by atoms with van der Waals surface area (Å²) in [5.74, 6) is 0. The summed E-state index contributed by atoms with van der Waals surface area (Å²) in [6.45, 7) is 3.17. The van der Waals surface area contributed by atoms with Crippen molar-refractivity contribution in [3.8, 4) is 6.07 Å². The number of hydrogen-bond acceptors (Lipinski definition) is 2. The molecule has 0 unspecified atom stereocenters. The highest BCUT2D eigenvalue weighted by molar-refractivity contribution is 5.36. The van der Waals surface area contributed by atoms with Crippen molar-refractivity contribution >= 4 is 0 Å². The summed E-state index contributed by atoms with van der Waals surface area (Å²) in [5.41, 5.74) is 1.35. The number of hydrogen-bond donors (Lipinski definition) is 0. The Kier molecular flexibility index (Phi) is 3.13. The summed E-state index contributed by atoms with van der Waals surface area (Å²) in [6.07, 6.45) is -1.04. The van der Waals surface area contributed by atoms with Gasteiger partial charge in [0.25, 0.3) is 6.43 Å². The molecular formula is C10H10F2N2. The summed E-state index contributed by atoms with van der Waals surface area (Å²) in [6, 6.07) is 1.90. The van der Waals surface area contributed by atoms with Crippen molar-refractivity contribution in [2.45, 2.75) is 26.7 Å². The summed E-state index contributed by atoms with van der Waals surface area (Å²) < 4.78 is 25.2. The van der Waals surface area contributed by atoms with Crippen molar-refractivity contribution in [1.82, 2.24) is 4.98 Å². The molecule has 14 heavy (non-hydrogen) atoms. The van der Waals surface area contributed by atoms with Gasteiger partial charge in [0.05, 0.1) is 18.2 Å². The number of rotatable bonds is 2. The molecule has 0 radical (unpaired) electrons. The largest absolute Gasteiger partial charge is 0.264 e. The molecule has 0 saturated heterocycles. The van der Waals surface area contributed by atoms with Gasteiger partial charge in [-0.15, -0.1) is 0 Å². The zero-order chi connectivity index (χ0) is 10.7. The number of aryl methyl sites for hydroxylation is 1. The van der Waals surface area contributed by atoms with Crippen LogP contribution in [0.15, 0.2) is 6.20 Å². The lowest BCUT2D eigenvalue weighted by atomic mass is 10.0. The molecule has 2 nitrogen and oxygen atoms in total.